The maximum absolute atomic E-state index is 6.16. The first-order valence-corrected chi connectivity index (χ1v) is 8.10. The number of nitrogens with two attached hydrogens (primary N) is 1. The van der Waals surface area contributed by atoms with Crippen molar-refractivity contribution in [3.05, 3.63) is 53.5 Å². The largest absolute Gasteiger partial charge is 0.326 e. The van der Waals surface area contributed by atoms with E-state index in [1.54, 1.807) is 11.8 Å². The fourth-order valence-corrected chi connectivity index (χ4v) is 3.17. The van der Waals surface area contributed by atoms with E-state index in [2.05, 4.69) is 36.4 Å². The Morgan fingerprint density at radius 1 is 1.45 bits per heavy atom. The average molecular weight is 288 g/mol. The third kappa shape index (κ3) is 4.51. The normalized spacial score (nSPS) is 23.6. The molecule has 20 heavy (non-hydrogen) atoms. The van der Waals surface area contributed by atoms with Crippen molar-refractivity contribution in [1.29, 1.82) is 0 Å². The van der Waals surface area contributed by atoms with Crippen LogP contribution in [0.2, 0.25) is 0 Å². The zero-order chi connectivity index (χ0) is 14.4. The Morgan fingerprint density at radius 2 is 2.20 bits per heavy atom. The van der Waals surface area contributed by atoms with Gasteiger partial charge in [-0.1, -0.05) is 54.2 Å². The van der Waals surface area contributed by atoms with E-state index in [4.69, 9.17) is 5.73 Å². The number of thioether (sulfide) groups is 1. The molecule has 3 N–H and O–H groups in total. The summed E-state index contributed by atoms with van der Waals surface area (Å²) in [5, 5.41) is 5.73. The van der Waals surface area contributed by atoms with E-state index in [0.717, 1.165) is 24.3 Å². The molecule has 2 rings (SSSR count). The Morgan fingerprint density at radius 3 is 2.90 bits per heavy atom. The number of benzene rings is 1. The van der Waals surface area contributed by atoms with Crippen LogP contribution in [0.15, 0.2) is 47.9 Å². The van der Waals surface area contributed by atoms with Gasteiger partial charge in [-0.3, -0.25) is 0 Å². The molecule has 0 amide bonds. The second kappa shape index (κ2) is 7.67. The number of nitrogens with one attached hydrogen (secondary N) is 1. The molecule has 0 radical (unpaired) electrons. The Labute approximate surface area is 126 Å². The van der Waals surface area contributed by atoms with E-state index in [0.29, 0.717) is 6.04 Å². The van der Waals surface area contributed by atoms with Crippen molar-refractivity contribution < 1.29 is 0 Å². The predicted molar refractivity (Wildman–Crippen MR) is 90.4 cm³/mol. The van der Waals surface area contributed by atoms with Gasteiger partial charge in [-0.25, -0.2) is 0 Å². The van der Waals surface area contributed by atoms with Crippen LogP contribution in [0.5, 0.6) is 0 Å². The summed E-state index contributed by atoms with van der Waals surface area (Å²) in [5.41, 5.74) is 8.71. The molecular weight excluding hydrogens is 264 g/mol. The Kier molecular flexibility index (Phi) is 5.89. The molecule has 108 valence electrons. The monoisotopic (exact) mass is 288 g/mol. The van der Waals surface area contributed by atoms with Crippen LogP contribution in [0.3, 0.4) is 0 Å². The van der Waals surface area contributed by atoms with Crippen LogP contribution in [-0.2, 0) is 0 Å². The second-order valence-electron chi connectivity index (χ2n) is 5.44. The van der Waals surface area contributed by atoms with E-state index in [1.165, 1.54) is 17.6 Å². The van der Waals surface area contributed by atoms with Gasteiger partial charge >= 0.3 is 0 Å². The van der Waals surface area contributed by atoms with Crippen LogP contribution >= 0.6 is 11.8 Å². The fourth-order valence-electron chi connectivity index (χ4n) is 2.46. The topological polar surface area (TPSA) is 38.0 Å². The SMILES string of the molecule is C=C(S/C=C(\C)CC1NCCCC1N)c1ccccc1. The number of hydrogen-bond donors (Lipinski definition) is 2. The van der Waals surface area contributed by atoms with Crippen LogP contribution in [-0.4, -0.2) is 18.6 Å². The predicted octanol–water partition coefficient (Wildman–Crippen LogP) is 3.76. The average Bonchev–Trinajstić information content (AvgIpc) is 2.48. The van der Waals surface area contributed by atoms with Crippen molar-refractivity contribution in [2.75, 3.05) is 6.54 Å². The molecule has 2 atom stereocenters. The van der Waals surface area contributed by atoms with Crippen molar-refractivity contribution in [3.63, 3.8) is 0 Å². The first-order chi connectivity index (χ1) is 9.66. The van der Waals surface area contributed by atoms with Crippen LogP contribution in [0.25, 0.3) is 4.91 Å². The number of rotatable bonds is 5. The highest BCUT2D eigenvalue weighted by Crippen LogP contribution is 2.28. The lowest BCUT2D eigenvalue weighted by molar-refractivity contribution is 0.348. The fraction of sp³-hybridized carbons (Fsp3) is 0.412. The van der Waals surface area contributed by atoms with Gasteiger partial charge in [0.05, 0.1) is 0 Å². The van der Waals surface area contributed by atoms with Gasteiger partial charge in [0, 0.05) is 17.0 Å². The minimum atomic E-state index is 0.287. The molecule has 0 saturated carbocycles. The van der Waals surface area contributed by atoms with E-state index >= 15 is 0 Å². The summed E-state index contributed by atoms with van der Waals surface area (Å²) in [6.07, 6.45) is 3.35. The molecule has 2 nitrogen and oxygen atoms in total. The Balaban J connectivity index is 1.86. The second-order valence-corrected chi connectivity index (χ2v) is 6.41. The summed E-state index contributed by atoms with van der Waals surface area (Å²) in [4.78, 5) is 1.09. The molecule has 0 aromatic heterocycles. The molecule has 3 heteroatoms. The molecule has 0 aliphatic carbocycles. The maximum atomic E-state index is 6.16. The molecule has 0 bridgehead atoms. The Hall–Kier alpha value is -1.03. The third-order valence-electron chi connectivity index (χ3n) is 3.68. The summed E-state index contributed by atoms with van der Waals surface area (Å²) in [5.74, 6) is 0. The minimum Gasteiger partial charge on any atom is -0.326 e. The summed E-state index contributed by atoms with van der Waals surface area (Å²) >= 11 is 1.70. The standard InChI is InChI=1S/C17H24N2S/c1-13(11-17-16(18)9-6-10-19-17)12-20-14(2)15-7-4-3-5-8-15/h3-5,7-8,12,16-17,19H,2,6,9-11,18H2,1H3/b13-12+. The summed E-state index contributed by atoms with van der Waals surface area (Å²) in [6.45, 7) is 7.40. The molecule has 1 fully saturated rings. The molecular formula is C17H24N2S. The van der Waals surface area contributed by atoms with Gasteiger partial charge < -0.3 is 11.1 Å². The van der Waals surface area contributed by atoms with Gasteiger partial charge in [-0.05, 0) is 43.7 Å². The van der Waals surface area contributed by atoms with Crippen LogP contribution in [0, 0.1) is 0 Å². The van der Waals surface area contributed by atoms with Crippen molar-refractivity contribution >= 4 is 16.7 Å². The van der Waals surface area contributed by atoms with E-state index < -0.39 is 0 Å². The molecule has 1 saturated heterocycles. The van der Waals surface area contributed by atoms with Crippen molar-refractivity contribution in [1.82, 2.24) is 5.32 Å². The first kappa shape index (κ1) is 15.4. The van der Waals surface area contributed by atoms with Crippen molar-refractivity contribution in [2.45, 2.75) is 38.3 Å². The Bertz CT molecular complexity index is 467. The van der Waals surface area contributed by atoms with Gasteiger partial charge in [-0.15, -0.1) is 0 Å². The molecule has 1 aromatic carbocycles. The molecule has 1 aliphatic heterocycles. The van der Waals surface area contributed by atoms with E-state index in [1.807, 2.05) is 18.2 Å². The molecule has 1 aromatic rings. The lowest BCUT2D eigenvalue weighted by atomic mass is 9.94. The van der Waals surface area contributed by atoms with Crippen molar-refractivity contribution in [3.8, 4) is 0 Å². The quantitative estimate of drug-likeness (QED) is 0.866. The molecule has 0 spiro atoms. The summed E-state index contributed by atoms with van der Waals surface area (Å²) in [6, 6.07) is 11.0. The van der Waals surface area contributed by atoms with Gasteiger partial charge in [0.25, 0.3) is 0 Å². The maximum Gasteiger partial charge on any atom is 0.0256 e. The van der Waals surface area contributed by atoms with Crippen LogP contribution < -0.4 is 11.1 Å². The highest BCUT2D eigenvalue weighted by Gasteiger charge is 2.20. The van der Waals surface area contributed by atoms with Crippen LogP contribution in [0.4, 0.5) is 0 Å². The van der Waals surface area contributed by atoms with Gasteiger partial charge in [-0.2, -0.15) is 0 Å². The van der Waals surface area contributed by atoms with Gasteiger partial charge in [0.15, 0.2) is 0 Å². The summed E-state index contributed by atoms with van der Waals surface area (Å²) in [7, 11) is 0. The number of hydrogen-bond acceptors (Lipinski definition) is 3. The smallest absolute Gasteiger partial charge is 0.0256 e. The highest BCUT2D eigenvalue weighted by molar-refractivity contribution is 8.10. The molecule has 1 aliphatic rings. The van der Waals surface area contributed by atoms with E-state index in [-0.39, 0.29) is 6.04 Å². The zero-order valence-corrected chi connectivity index (χ0v) is 13.0. The zero-order valence-electron chi connectivity index (χ0n) is 12.1. The lowest BCUT2D eigenvalue weighted by Crippen LogP contribution is -2.49. The highest BCUT2D eigenvalue weighted by atomic mass is 32.2. The minimum absolute atomic E-state index is 0.287. The number of piperidine rings is 1. The molecule has 2 unspecified atom stereocenters. The van der Waals surface area contributed by atoms with Gasteiger partial charge in [0.1, 0.15) is 0 Å². The van der Waals surface area contributed by atoms with Crippen LogP contribution in [0.1, 0.15) is 31.7 Å². The van der Waals surface area contributed by atoms with E-state index in [9.17, 15) is 0 Å². The first-order valence-electron chi connectivity index (χ1n) is 7.22. The van der Waals surface area contributed by atoms with Crippen molar-refractivity contribution in [2.24, 2.45) is 5.73 Å². The summed E-state index contributed by atoms with van der Waals surface area (Å²) < 4.78 is 0. The van der Waals surface area contributed by atoms with Gasteiger partial charge in [0.2, 0.25) is 0 Å². The lowest BCUT2D eigenvalue weighted by Gasteiger charge is -2.30. The molecule has 1 heterocycles. The third-order valence-corrected chi connectivity index (χ3v) is 4.72.